The van der Waals surface area contributed by atoms with Crippen molar-refractivity contribution < 1.29 is 10.2 Å². The average molecular weight is 489 g/mol. The minimum atomic E-state index is 0. The second kappa shape index (κ2) is 13.2. The van der Waals surface area contributed by atoms with E-state index in [1.54, 1.807) is 12.1 Å². The number of aliphatic hydroxyl groups is 1. The molecule has 4 N–H and O–H groups in total. The number of aryl methyl sites for hydroxylation is 1. The van der Waals surface area contributed by atoms with Crippen molar-refractivity contribution in [2.45, 2.75) is 58.3 Å². The van der Waals surface area contributed by atoms with Gasteiger partial charge in [-0.15, -0.1) is 24.0 Å². The van der Waals surface area contributed by atoms with E-state index >= 15 is 0 Å². The number of aliphatic hydroxyl groups excluding tert-OH is 1. The van der Waals surface area contributed by atoms with E-state index < -0.39 is 0 Å². The normalized spacial score (nSPS) is 16.4. The van der Waals surface area contributed by atoms with Crippen LogP contribution in [0.2, 0.25) is 0 Å². The minimum Gasteiger partial charge on any atom is -0.508 e. The third-order valence-electron chi connectivity index (χ3n) is 5.34. The number of phenolic OH excluding ortho intramolecular Hbond substituents is 1. The molecule has 0 radical (unpaired) electrons. The summed E-state index contributed by atoms with van der Waals surface area (Å²) in [6, 6.07) is 7.41. The molecule has 154 valence electrons. The van der Waals surface area contributed by atoms with Crippen LogP contribution in [0, 0.1) is 5.41 Å². The number of aliphatic imine (C=N–C) groups is 1. The Morgan fingerprint density at radius 3 is 2.44 bits per heavy atom. The third kappa shape index (κ3) is 8.68. The number of nitrogens with one attached hydrogen (secondary N) is 2. The zero-order valence-corrected chi connectivity index (χ0v) is 18.9. The Morgan fingerprint density at radius 1 is 1.11 bits per heavy atom. The van der Waals surface area contributed by atoms with Gasteiger partial charge in [0.05, 0.1) is 0 Å². The highest BCUT2D eigenvalue weighted by atomic mass is 127. The molecule has 1 saturated carbocycles. The van der Waals surface area contributed by atoms with E-state index in [9.17, 15) is 10.2 Å². The van der Waals surface area contributed by atoms with E-state index in [1.807, 2.05) is 12.1 Å². The lowest BCUT2D eigenvalue weighted by Crippen LogP contribution is -2.39. The number of aromatic hydroxyl groups is 1. The first-order valence-corrected chi connectivity index (χ1v) is 10.1. The van der Waals surface area contributed by atoms with E-state index in [1.165, 1.54) is 37.7 Å². The van der Waals surface area contributed by atoms with Crippen LogP contribution in [-0.2, 0) is 6.42 Å². The second-order valence-corrected chi connectivity index (χ2v) is 7.43. The van der Waals surface area contributed by atoms with Gasteiger partial charge < -0.3 is 20.8 Å². The minimum absolute atomic E-state index is 0. The first-order chi connectivity index (χ1) is 12.7. The molecule has 0 unspecified atom stereocenters. The number of nitrogens with zero attached hydrogens (tertiary/aromatic N) is 1. The van der Waals surface area contributed by atoms with E-state index in [0.29, 0.717) is 5.75 Å². The molecule has 0 aliphatic heterocycles. The Labute approximate surface area is 181 Å². The summed E-state index contributed by atoms with van der Waals surface area (Å²) in [4.78, 5) is 4.83. The molecule has 6 heteroatoms. The molecule has 27 heavy (non-hydrogen) atoms. The Hall–Kier alpha value is -1.02. The van der Waals surface area contributed by atoms with Crippen molar-refractivity contribution in [3.05, 3.63) is 29.8 Å². The first-order valence-electron chi connectivity index (χ1n) is 10.1. The van der Waals surface area contributed by atoms with Gasteiger partial charge >= 0.3 is 0 Å². The van der Waals surface area contributed by atoms with Crippen LogP contribution in [0.25, 0.3) is 0 Å². The van der Waals surface area contributed by atoms with Gasteiger partial charge in [-0.3, -0.25) is 4.99 Å². The summed E-state index contributed by atoms with van der Waals surface area (Å²) in [6.45, 7) is 4.83. The molecule has 0 atom stereocenters. The summed E-state index contributed by atoms with van der Waals surface area (Å²) in [5, 5.41) is 25.5. The Kier molecular flexibility index (Phi) is 11.7. The molecular weight excluding hydrogens is 453 g/mol. The van der Waals surface area contributed by atoms with Crippen LogP contribution >= 0.6 is 24.0 Å². The molecule has 1 aliphatic carbocycles. The summed E-state index contributed by atoms with van der Waals surface area (Å²) in [7, 11) is 0. The van der Waals surface area contributed by atoms with Crippen LogP contribution < -0.4 is 10.6 Å². The maximum absolute atomic E-state index is 9.46. The number of phenols is 1. The fraction of sp³-hybridized carbons (Fsp3) is 0.667. The van der Waals surface area contributed by atoms with Crippen molar-refractivity contribution >= 4 is 29.9 Å². The molecule has 0 aromatic heterocycles. The van der Waals surface area contributed by atoms with Gasteiger partial charge in [0.15, 0.2) is 5.96 Å². The van der Waals surface area contributed by atoms with E-state index in [4.69, 9.17) is 4.99 Å². The van der Waals surface area contributed by atoms with Gasteiger partial charge in [0.1, 0.15) is 5.75 Å². The van der Waals surface area contributed by atoms with Crippen LogP contribution in [0.4, 0.5) is 0 Å². The number of guanidine groups is 1. The fourth-order valence-electron chi connectivity index (χ4n) is 3.78. The highest BCUT2D eigenvalue weighted by Gasteiger charge is 2.31. The highest BCUT2D eigenvalue weighted by Crippen LogP contribution is 2.39. The van der Waals surface area contributed by atoms with Crippen LogP contribution in [0.15, 0.2) is 29.3 Å². The fourth-order valence-corrected chi connectivity index (χ4v) is 3.78. The molecular formula is C21H36IN3O2. The van der Waals surface area contributed by atoms with Crippen molar-refractivity contribution in [1.82, 2.24) is 10.6 Å². The van der Waals surface area contributed by atoms with Crippen molar-refractivity contribution in [1.29, 1.82) is 0 Å². The number of rotatable bonds is 9. The summed E-state index contributed by atoms with van der Waals surface area (Å²) < 4.78 is 0. The molecule has 0 saturated heterocycles. The van der Waals surface area contributed by atoms with Crippen LogP contribution in [-0.4, -0.2) is 42.4 Å². The SMILES string of the molecule is CCNC(=NCC1(CCO)CCCCC1)NCCCc1ccc(O)cc1.I. The van der Waals surface area contributed by atoms with Gasteiger partial charge in [-0.2, -0.15) is 0 Å². The number of benzene rings is 1. The molecule has 0 bridgehead atoms. The lowest BCUT2D eigenvalue weighted by atomic mass is 9.72. The predicted octanol–water partition coefficient (Wildman–Crippen LogP) is 3.83. The third-order valence-corrected chi connectivity index (χ3v) is 5.34. The topological polar surface area (TPSA) is 76.9 Å². The number of hydrogen-bond donors (Lipinski definition) is 4. The maximum Gasteiger partial charge on any atom is 0.191 e. The second-order valence-electron chi connectivity index (χ2n) is 7.43. The molecule has 0 amide bonds. The van der Waals surface area contributed by atoms with Crippen LogP contribution in [0.3, 0.4) is 0 Å². The zero-order chi connectivity index (χ0) is 18.7. The van der Waals surface area contributed by atoms with Gasteiger partial charge in [0.25, 0.3) is 0 Å². The summed E-state index contributed by atoms with van der Waals surface area (Å²) in [5.74, 6) is 1.19. The van der Waals surface area contributed by atoms with Crippen molar-refractivity contribution in [3.63, 3.8) is 0 Å². The molecule has 0 spiro atoms. The molecule has 5 nitrogen and oxygen atoms in total. The Balaban J connectivity index is 0.00000364. The smallest absolute Gasteiger partial charge is 0.191 e. The van der Waals surface area contributed by atoms with E-state index in [2.05, 4.69) is 17.6 Å². The molecule has 1 aromatic rings. The quantitative estimate of drug-likeness (QED) is 0.184. The largest absolute Gasteiger partial charge is 0.508 e. The van der Waals surface area contributed by atoms with Gasteiger partial charge in [-0.05, 0) is 62.1 Å². The van der Waals surface area contributed by atoms with E-state index in [0.717, 1.165) is 44.9 Å². The summed E-state index contributed by atoms with van der Waals surface area (Å²) >= 11 is 0. The predicted molar refractivity (Wildman–Crippen MR) is 123 cm³/mol. The van der Waals surface area contributed by atoms with Crippen molar-refractivity contribution in [2.75, 3.05) is 26.2 Å². The highest BCUT2D eigenvalue weighted by molar-refractivity contribution is 14.0. The maximum atomic E-state index is 9.46. The zero-order valence-electron chi connectivity index (χ0n) is 16.5. The molecule has 1 aromatic carbocycles. The standard InChI is InChI=1S/C21H35N3O2.HI/c1-2-22-20(23-15-6-7-18-8-10-19(26)11-9-18)24-17-21(14-16-25)12-4-3-5-13-21;/h8-11,25-26H,2-7,12-17H2,1H3,(H2,22,23,24);1H. The number of halogens is 1. The average Bonchev–Trinajstić information content (AvgIpc) is 2.65. The van der Waals surface area contributed by atoms with Gasteiger partial charge in [0.2, 0.25) is 0 Å². The molecule has 1 fully saturated rings. The number of hydrogen-bond acceptors (Lipinski definition) is 3. The van der Waals surface area contributed by atoms with Crippen molar-refractivity contribution in [2.24, 2.45) is 10.4 Å². The Morgan fingerprint density at radius 2 is 1.81 bits per heavy atom. The summed E-state index contributed by atoms with van der Waals surface area (Å²) in [6.07, 6.45) is 9.02. The lowest BCUT2D eigenvalue weighted by molar-refractivity contribution is 0.137. The van der Waals surface area contributed by atoms with Gasteiger partial charge in [0, 0.05) is 26.2 Å². The molecule has 2 rings (SSSR count). The molecule has 0 heterocycles. The van der Waals surface area contributed by atoms with Crippen LogP contribution in [0.5, 0.6) is 5.75 Å². The van der Waals surface area contributed by atoms with Gasteiger partial charge in [-0.1, -0.05) is 31.4 Å². The lowest BCUT2D eigenvalue weighted by Gasteiger charge is -2.35. The molecule has 1 aliphatic rings. The summed E-state index contributed by atoms with van der Waals surface area (Å²) in [5.41, 5.74) is 1.41. The van der Waals surface area contributed by atoms with Crippen LogP contribution in [0.1, 0.15) is 57.4 Å². The van der Waals surface area contributed by atoms with Crippen molar-refractivity contribution in [3.8, 4) is 5.75 Å². The van der Waals surface area contributed by atoms with Gasteiger partial charge in [-0.25, -0.2) is 0 Å². The Bertz CT molecular complexity index is 537. The van der Waals surface area contributed by atoms with E-state index in [-0.39, 0.29) is 36.0 Å². The first kappa shape index (κ1) is 24.0. The monoisotopic (exact) mass is 489 g/mol.